The molecule has 5 nitrogen and oxygen atoms in total. The van der Waals surface area contributed by atoms with Gasteiger partial charge in [0.2, 0.25) is 6.41 Å². The van der Waals surface area contributed by atoms with Crippen LogP contribution in [0.5, 0.6) is 0 Å². The van der Waals surface area contributed by atoms with Crippen molar-refractivity contribution in [3.8, 4) is 0 Å². The highest BCUT2D eigenvalue weighted by Crippen LogP contribution is 2.26. The van der Waals surface area contributed by atoms with Crippen molar-refractivity contribution < 1.29 is 9.63 Å². The highest BCUT2D eigenvalue weighted by Gasteiger charge is 2.17. The van der Waals surface area contributed by atoms with E-state index in [-0.39, 0.29) is 6.41 Å². The second kappa shape index (κ2) is 6.43. The van der Waals surface area contributed by atoms with E-state index in [2.05, 4.69) is 42.0 Å². The third kappa shape index (κ3) is 3.30. The first-order chi connectivity index (χ1) is 9.63. The van der Waals surface area contributed by atoms with Crippen LogP contribution in [0.1, 0.15) is 18.1 Å². The lowest BCUT2D eigenvalue weighted by molar-refractivity contribution is -0.106. The number of nitrogens with two attached hydrogens (primary N) is 1. The van der Waals surface area contributed by atoms with Gasteiger partial charge in [-0.25, -0.2) is 5.06 Å². The Bertz CT molecular complexity index is 514. The quantitative estimate of drug-likeness (QED) is 0.788. The van der Waals surface area contributed by atoms with Crippen molar-refractivity contribution in [2.24, 2.45) is 5.73 Å². The van der Waals surface area contributed by atoms with Gasteiger partial charge in [-0.15, -0.1) is 0 Å². The zero-order valence-corrected chi connectivity index (χ0v) is 12.0. The summed E-state index contributed by atoms with van der Waals surface area (Å²) >= 11 is 0. The van der Waals surface area contributed by atoms with E-state index in [9.17, 15) is 0 Å². The Balaban J connectivity index is 0.000000452. The van der Waals surface area contributed by atoms with Crippen LogP contribution in [0, 0.1) is 0 Å². The number of anilines is 1. The zero-order valence-electron chi connectivity index (χ0n) is 12.0. The Morgan fingerprint density at radius 1 is 1.35 bits per heavy atom. The predicted octanol–water partition coefficient (Wildman–Crippen LogP) is 1.43. The van der Waals surface area contributed by atoms with Gasteiger partial charge in [-0.05, 0) is 49.7 Å². The van der Waals surface area contributed by atoms with Crippen LogP contribution in [0.4, 0.5) is 5.69 Å². The van der Waals surface area contributed by atoms with Gasteiger partial charge in [0.25, 0.3) is 0 Å². The number of likely N-dealkylation sites (N-methyl/N-ethyl adjacent to an activating group) is 1. The van der Waals surface area contributed by atoms with Crippen molar-refractivity contribution in [3.05, 3.63) is 41.2 Å². The summed E-state index contributed by atoms with van der Waals surface area (Å²) in [6, 6.07) is 6.67. The van der Waals surface area contributed by atoms with Crippen molar-refractivity contribution in [2.75, 3.05) is 25.2 Å². The molecule has 0 radical (unpaired) electrons. The van der Waals surface area contributed by atoms with Crippen LogP contribution in [-0.4, -0.2) is 31.4 Å². The number of primary amides is 1. The summed E-state index contributed by atoms with van der Waals surface area (Å²) < 4.78 is 0. The van der Waals surface area contributed by atoms with Gasteiger partial charge in [-0.3, -0.25) is 4.79 Å². The minimum absolute atomic E-state index is 0.250. The molecule has 108 valence electrons. The third-order valence-electron chi connectivity index (χ3n) is 3.48. The Morgan fingerprint density at radius 3 is 2.75 bits per heavy atom. The van der Waals surface area contributed by atoms with E-state index in [4.69, 9.17) is 9.63 Å². The van der Waals surface area contributed by atoms with Gasteiger partial charge in [0.1, 0.15) is 5.76 Å². The van der Waals surface area contributed by atoms with E-state index in [1.54, 1.807) is 0 Å². The SMILES string of the molecule is CC1=CCN(c2ccc3c(c2)CN(C)CC3)O1.NC=O. The molecule has 1 aromatic rings. The molecule has 2 N–H and O–H groups in total. The van der Waals surface area contributed by atoms with Crippen LogP contribution in [0.3, 0.4) is 0 Å². The fourth-order valence-corrected chi connectivity index (χ4v) is 2.46. The predicted molar refractivity (Wildman–Crippen MR) is 78.9 cm³/mol. The van der Waals surface area contributed by atoms with Crippen molar-refractivity contribution in [2.45, 2.75) is 19.9 Å². The average molecular weight is 275 g/mol. The number of hydrogen-bond donors (Lipinski definition) is 1. The maximum Gasteiger partial charge on any atom is 0.204 e. The fraction of sp³-hybridized carbons (Fsp3) is 0.400. The largest absolute Gasteiger partial charge is 0.384 e. The molecule has 2 aliphatic rings. The van der Waals surface area contributed by atoms with Gasteiger partial charge in [0, 0.05) is 13.1 Å². The van der Waals surface area contributed by atoms with Crippen LogP contribution in [0.2, 0.25) is 0 Å². The molecule has 1 aromatic carbocycles. The summed E-state index contributed by atoms with van der Waals surface area (Å²) in [7, 11) is 2.17. The van der Waals surface area contributed by atoms with Crippen LogP contribution in [0.15, 0.2) is 30.0 Å². The molecule has 0 spiro atoms. The Hall–Kier alpha value is -2.01. The Morgan fingerprint density at radius 2 is 2.10 bits per heavy atom. The van der Waals surface area contributed by atoms with Crippen LogP contribution >= 0.6 is 0 Å². The molecule has 5 heteroatoms. The highest BCUT2D eigenvalue weighted by atomic mass is 16.7. The molecule has 2 heterocycles. The first-order valence-electron chi connectivity index (χ1n) is 6.72. The summed E-state index contributed by atoms with van der Waals surface area (Å²) in [4.78, 5) is 16.6. The van der Waals surface area contributed by atoms with Crippen molar-refractivity contribution in [1.29, 1.82) is 0 Å². The standard InChI is InChI=1S/C14H18N2O.CH3NO/c1-11-5-8-16(17-11)14-4-3-12-6-7-15(2)10-13(12)9-14;2-1-3/h3-5,9H,6-8,10H2,1-2H3;1H,(H2,2,3). The molecule has 0 fully saturated rings. The van der Waals surface area contributed by atoms with E-state index in [0.29, 0.717) is 0 Å². The van der Waals surface area contributed by atoms with E-state index >= 15 is 0 Å². The van der Waals surface area contributed by atoms with Gasteiger partial charge in [0.05, 0.1) is 12.2 Å². The Kier molecular flexibility index (Phi) is 4.63. The molecular weight excluding hydrogens is 254 g/mol. The molecule has 0 bridgehead atoms. The van der Waals surface area contributed by atoms with Gasteiger partial charge in [0.15, 0.2) is 0 Å². The van der Waals surface area contributed by atoms with Crippen LogP contribution in [0.25, 0.3) is 0 Å². The molecule has 0 unspecified atom stereocenters. The number of rotatable bonds is 1. The van der Waals surface area contributed by atoms with E-state index in [1.807, 2.05) is 12.0 Å². The molecule has 20 heavy (non-hydrogen) atoms. The smallest absolute Gasteiger partial charge is 0.204 e. The van der Waals surface area contributed by atoms with Gasteiger partial charge in [-0.2, -0.15) is 0 Å². The number of benzene rings is 1. The molecule has 0 aromatic heterocycles. The molecule has 0 saturated heterocycles. The lowest BCUT2D eigenvalue weighted by Crippen LogP contribution is -2.27. The number of hydrogen-bond acceptors (Lipinski definition) is 4. The number of nitrogens with zero attached hydrogens (tertiary/aromatic N) is 2. The molecule has 2 aliphatic heterocycles. The summed E-state index contributed by atoms with van der Waals surface area (Å²) in [6.07, 6.45) is 3.51. The highest BCUT2D eigenvalue weighted by molar-refractivity contribution is 5.51. The average Bonchev–Trinajstić information content (AvgIpc) is 2.85. The molecule has 0 aliphatic carbocycles. The van der Waals surface area contributed by atoms with Gasteiger partial charge in [-0.1, -0.05) is 6.07 Å². The lowest BCUT2D eigenvalue weighted by Gasteiger charge is -2.26. The van der Waals surface area contributed by atoms with Gasteiger partial charge < -0.3 is 15.5 Å². The number of allylic oxidation sites excluding steroid dienone is 1. The first-order valence-corrected chi connectivity index (χ1v) is 6.72. The maximum absolute atomic E-state index is 8.58. The van der Waals surface area contributed by atoms with Crippen molar-refractivity contribution >= 4 is 12.1 Å². The maximum atomic E-state index is 8.58. The van der Waals surface area contributed by atoms with Crippen LogP contribution < -0.4 is 10.8 Å². The number of hydroxylamine groups is 1. The van der Waals surface area contributed by atoms with E-state index < -0.39 is 0 Å². The second-order valence-corrected chi connectivity index (χ2v) is 5.04. The van der Waals surface area contributed by atoms with E-state index in [0.717, 1.165) is 37.5 Å². The van der Waals surface area contributed by atoms with Crippen LogP contribution in [-0.2, 0) is 22.6 Å². The number of fused-ring (bicyclic) bond motifs is 1. The summed E-state index contributed by atoms with van der Waals surface area (Å²) in [5.74, 6) is 0.986. The second-order valence-electron chi connectivity index (χ2n) is 5.04. The third-order valence-corrected chi connectivity index (χ3v) is 3.48. The lowest BCUT2D eigenvalue weighted by atomic mass is 9.99. The van der Waals surface area contributed by atoms with Crippen molar-refractivity contribution in [1.82, 2.24) is 4.90 Å². The molecule has 0 saturated carbocycles. The normalized spacial score (nSPS) is 17.5. The van der Waals surface area contributed by atoms with Crippen molar-refractivity contribution in [3.63, 3.8) is 0 Å². The monoisotopic (exact) mass is 275 g/mol. The minimum Gasteiger partial charge on any atom is -0.384 e. The molecule has 0 atom stereocenters. The van der Waals surface area contributed by atoms with E-state index in [1.165, 1.54) is 11.1 Å². The molecule has 1 amide bonds. The molecular formula is C15H21N3O2. The Labute approximate surface area is 119 Å². The molecule has 3 rings (SSSR count). The van der Waals surface area contributed by atoms with Gasteiger partial charge >= 0.3 is 0 Å². The summed E-state index contributed by atoms with van der Waals surface area (Å²) in [5, 5.41) is 1.95. The number of amides is 1. The summed E-state index contributed by atoms with van der Waals surface area (Å²) in [6.45, 7) is 5.04. The fourth-order valence-electron chi connectivity index (χ4n) is 2.46. The first kappa shape index (κ1) is 14.4. The zero-order chi connectivity index (χ0) is 14.5. The summed E-state index contributed by atoms with van der Waals surface area (Å²) in [5.41, 5.74) is 8.24. The number of carbonyl (C=O) groups excluding carboxylic acids is 1. The minimum atomic E-state index is 0.250. The number of carbonyl (C=O) groups is 1. The topological polar surface area (TPSA) is 58.8 Å².